The number of hydrogen-bond donors (Lipinski definition) is 1. The molecule has 6 nitrogen and oxygen atoms in total. The van der Waals surface area contributed by atoms with E-state index in [1.54, 1.807) is 38.2 Å². The molecule has 0 unspecified atom stereocenters. The van der Waals surface area contributed by atoms with Crippen molar-refractivity contribution in [2.24, 2.45) is 0 Å². The highest BCUT2D eigenvalue weighted by molar-refractivity contribution is 6.08. The number of aryl methyl sites for hydroxylation is 1. The molecule has 1 N–H and O–H groups in total. The van der Waals surface area contributed by atoms with Gasteiger partial charge in [0.15, 0.2) is 0 Å². The lowest BCUT2D eigenvalue weighted by Gasteiger charge is -2.15. The highest BCUT2D eigenvalue weighted by Gasteiger charge is 2.22. The predicted molar refractivity (Wildman–Crippen MR) is 98.6 cm³/mol. The number of aromatic nitrogens is 3. The molecule has 27 heavy (non-hydrogen) atoms. The molecule has 1 aromatic carbocycles. The van der Waals surface area contributed by atoms with Crippen LogP contribution in [0.5, 0.6) is 0 Å². The van der Waals surface area contributed by atoms with Gasteiger partial charge in [-0.05, 0) is 49.2 Å². The third-order valence-corrected chi connectivity index (χ3v) is 4.21. The van der Waals surface area contributed by atoms with Gasteiger partial charge >= 0.3 is 5.69 Å². The first-order valence-electron chi connectivity index (χ1n) is 8.48. The van der Waals surface area contributed by atoms with Crippen LogP contribution in [0.2, 0.25) is 0 Å². The van der Waals surface area contributed by atoms with E-state index in [0.717, 1.165) is 6.07 Å². The Hall–Kier alpha value is -3.35. The van der Waals surface area contributed by atoms with E-state index in [0.29, 0.717) is 11.3 Å². The molecule has 0 saturated carbocycles. The number of H-pyrrole nitrogens is 1. The average Bonchev–Trinajstić information content (AvgIpc) is 2.63. The lowest BCUT2D eigenvalue weighted by atomic mass is 10.0. The number of aromatic amines is 1. The van der Waals surface area contributed by atoms with Gasteiger partial charge in [0.2, 0.25) is 5.78 Å². The highest BCUT2D eigenvalue weighted by atomic mass is 19.1. The minimum Gasteiger partial charge on any atom is -0.287 e. The zero-order chi connectivity index (χ0) is 19.6. The molecule has 0 aliphatic rings. The zero-order valence-electron chi connectivity index (χ0n) is 15.0. The number of nitrogens with zero attached hydrogens (tertiary/aromatic N) is 2. The predicted octanol–water partition coefficient (Wildman–Crippen LogP) is 2.22. The fourth-order valence-electron chi connectivity index (χ4n) is 3.01. The van der Waals surface area contributed by atoms with Crippen LogP contribution in [0, 0.1) is 12.7 Å². The van der Waals surface area contributed by atoms with Crippen LogP contribution in [0.15, 0.2) is 52.2 Å². The van der Waals surface area contributed by atoms with Gasteiger partial charge < -0.3 is 0 Å². The van der Waals surface area contributed by atoms with Crippen LogP contribution in [0.25, 0.3) is 0 Å². The molecule has 0 atom stereocenters. The molecular weight excluding hydrogens is 349 g/mol. The number of nitrogens with one attached hydrogen (secondary N) is 1. The summed E-state index contributed by atoms with van der Waals surface area (Å²) in [6.45, 7) is 3.39. The summed E-state index contributed by atoms with van der Waals surface area (Å²) >= 11 is 0. The van der Waals surface area contributed by atoms with E-state index in [4.69, 9.17) is 0 Å². The fraction of sp³-hybridized carbons (Fsp3) is 0.200. The van der Waals surface area contributed by atoms with Crippen molar-refractivity contribution in [1.82, 2.24) is 14.5 Å². The normalized spacial score (nSPS) is 10.8. The summed E-state index contributed by atoms with van der Waals surface area (Å²) in [6.07, 6.45) is 1.82. The number of halogens is 1. The number of hydrogen-bond acceptors (Lipinski definition) is 4. The Morgan fingerprint density at radius 1 is 1.22 bits per heavy atom. The highest BCUT2D eigenvalue weighted by Crippen LogP contribution is 2.16. The van der Waals surface area contributed by atoms with E-state index < -0.39 is 22.8 Å². The van der Waals surface area contributed by atoms with Gasteiger partial charge in [-0.1, -0.05) is 13.0 Å². The molecule has 138 valence electrons. The van der Waals surface area contributed by atoms with E-state index in [9.17, 15) is 18.8 Å². The summed E-state index contributed by atoms with van der Waals surface area (Å²) in [5, 5.41) is 0. The Bertz CT molecular complexity index is 1100. The van der Waals surface area contributed by atoms with Crippen LogP contribution in [-0.4, -0.2) is 20.3 Å². The lowest BCUT2D eigenvalue weighted by Crippen LogP contribution is -2.37. The van der Waals surface area contributed by atoms with Crippen LogP contribution in [0.1, 0.15) is 39.8 Å². The largest absolute Gasteiger partial charge is 0.329 e. The van der Waals surface area contributed by atoms with Gasteiger partial charge in [-0.3, -0.25) is 24.1 Å². The molecule has 0 saturated heterocycles. The van der Waals surface area contributed by atoms with Gasteiger partial charge in [0, 0.05) is 17.3 Å². The second-order valence-electron chi connectivity index (χ2n) is 6.19. The van der Waals surface area contributed by atoms with Crippen molar-refractivity contribution in [2.75, 3.05) is 0 Å². The molecule has 2 aromatic heterocycles. The summed E-state index contributed by atoms with van der Waals surface area (Å²) in [5.41, 5.74) is 0.0231. The van der Waals surface area contributed by atoms with Crippen molar-refractivity contribution in [3.63, 3.8) is 0 Å². The Morgan fingerprint density at radius 2 is 2.00 bits per heavy atom. The Balaban J connectivity index is 2.24. The van der Waals surface area contributed by atoms with Gasteiger partial charge in [0.05, 0.1) is 12.2 Å². The third-order valence-electron chi connectivity index (χ3n) is 4.21. The van der Waals surface area contributed by atoms with E-state index in [2.05, 4.69) is 9.97 Å². The molecule has 0 amide bonds. The summed E-state index contributed by atoms with van der Waals surface area (Å²) in [5.74, 6) is -1.13. The molecule has 0 radical (unpaired) electrons. The molecule has 0 fully saturated rings. The van der Waals surface area contributed by atoms with Gasteiger partial charge in [0.25, 0.3) is 5.56 Å². The molecule has 7 heteroatoms. The number of ketones is 1. The number of carbonyl (C=O) groups excluding carboxylic acids is 1. The van der Waals surface area contributed by atoms with Crippen molar-refractivity contribution in [3.8, 4) is 0 Å². The number of rotatable bonds is 5. The second kappa shape index (κ2) is 7.49. The minimum atomic E-state index is -0.709. The van der Waals surface area contributed by atoms with Crippen molar-refractivity contribution in [1.29, 1.82) is 0 Å². The third kappa shape index (κ3) is 3.76. The maximum Gasteiger partial charge on any atom is 0.329 e. The van der Waals surface area contributed by atoms with Crippen LogP contribution in [0.4, 0.5) is 4.39 Å². The first-order valence-corrected chi connectivity index (χ1v) is 8.48. The number of carbonyl (C=O) groups is 1. The first kappa shape index (κ1) is 18.4. The van der Waals surface area contributed by atoms with Crippen molar-refractivity contribution >= 4 is 5.78 Å². The molecular formula is C20H18FN3O3. The summed E-state index contributed by atoms with van der Waals surface area (Å²) in [4.78, 5) is 44.3. The van der Waals surface area contributed by atoms with Gasteiger partial charge in [0.1, 0.15) is 11.5 Å². The number of pyridine rings is 1. The van der Waals surface area contributed by atoms with Gasteiger partial charge in [-0.25, -0.2) is 9.18 Å². The Kier molecular flexibility index (Phi) is 5.12. The zero-order valence-corrected chi connectivity index (χ0v) is 15.0. The summed E-state index contributed by atoms with van der Waals surface area (Å²) in [6, 6.07) is 9.14. The van der Waals surface area contributed by atoms with Crippen LogP contribution in [0.3, 0.4) is 0 Å². The summed E-state index contributed by atoms with van der Waals surface area (Å²) in [7, 11) is 0. The molecule has 0 aliphatic carbocycles. The molecule has 3 aromatic rings. The smallest absolute Gasteiger partial charge is 0.287 e. The molecule has 0 bridgehead atoms. The second-order valence-corrected chi connectivity index (χ2v) is 6.19. The molecule has 3 rings (SSSR count). The van der Waals surface area contributed by atoms with Crippen LogP contribution < -0.4 is 11.2 Å². The maximum absolute atomic E-state index is 13.8. The van der Waals surface area contributed by atoms with Crippen molar-refractivity contribution < 1.29 is 9.18 Å². The summed E-state index contributed by atoms with van der Waals surface area (Å²) < 4.78 is 15.0. The molecule has 2 heterocycles. The maximum atomic E-state index is 13.8. The Labute approximate surface area is 154 Å². The topological polar surface area (TPSA) is 84.8 Å². The standard InChI is InChI=1S/C20H18FN3O3/c1-3-16-17(18(25)13-8-12(2)9-14(21)10-13)24(20(27)23-19(16)26)11-15-6-4-5-7-22-15/h4-10H,3,11H2,1-2H3,(H,23,26,27). The monoisotopic (exact) mass is 367 g/mol. The van der Waals surface area contributed by atoms with Crippen LogP contribution >= 0.6 is 0 Å². The minimum absolute atomic E-state index is 0.0127. The van der Waals surface area contributed by atoms with Crippen molar-refractivity contribution in [3.05, 3.63) is 97.3 Å². The Morgan fingerprint density at radius 3 is 2.63 bits per heavy atom. The molecule has 0 aliphatic heterocycles. The van der Waals surface area contributed by atoms with E-state index >= 15 is 0 Å². The number of benzene rings is 1. The lowest BCUT2D eigenvalue weighted by molar-refractivity contribution is 0.102. The van der Waals surface area contributed by atoms with Gasteiger partial charge in [-0.2, -0.15) is 0 Å². The van der Waals surface area contributed by atoms with Crippen LogP contribution in [-0.2, 0) is 13.0 Å². The quantitative estimate of drug-likeness (QED) is 0.701. The van der Waals surface area contributed by atoms with Crippen molar-refractivity contribution in [2.45, 2.75) is 26.8 Å². The fourth-order valence-corrected chi connectivity index (χ4v) is 3.01. The average molecular weight is 367 g/mol. The van der Waals surface area contributed by atoms with E-state index in [1.807, 2.05) is 0 Å². The molecule has 0 spiro atoms. The van der Waals surface area contributed by atoms with E-state index in [-0.39, 0.29) is 29.8 Å². The van der Waals surface area contributed by atoms with Gasteiger partial charge in [-0.15, -0.1) is 0 Å². The van der Waals surface area contributed by atoms with E-state index in [1.165, 1.54) is 16.7 Å². The SMILES string of the molecule is CCc1c(C(=O)c2cc(C)cc(F)c2)n(Cc2ccccn2)c(=O)[nH]c1=O. The first-order chi connectivity index (χ1) is 12.9.